The summed E-state index contributed by atoms with van der Waals surface area (Å²) in [6.07, 6.45) is 3.20. The van der Waals surface area contributed by atoms with Crippen LogP contribution < -0.4 is 0 Å². The third kappa shape index (κ3) is 2.18. The molecule has 0 spiro atoms. The van der Waals surface area contributed by atoms with Crippen molar-refractivity contribution < 1.29 is 9.90 Å². The molecule has 0 fully saturated rings. The van der Waals surface area contributed by atoms with Gasteiger partial charge in [0.2, 0.25) is 0 Å². The van der Waals surface area contributed by atoms with Gasteiger partial charge in [-0.15, -0.1) is 0 Å². The number of pyridine rings is 1. The summed E-state index contributed by atoms with van der Waals surface area (Å²) in [7, 11) is 0. The van der Waals surface area contributed by atoms with Gasteiger partial charge in [0, 0.05) is 17.5 Å². The second-order valence-electron chi connectivity index (χ2n) is 3.86. The molecule has 0 aromatic carbocycles. The molecule has 0 bridgehead atoms. The van der Waals surface area contributed by atoms with Crippen LogP contribution in [0.25, 0.3) is 0 Å². The van der Waals surface area contributed by atoms with E-state index in [4.69, 9.17) is 5.11 Å². The summed E-state index contributed by atoms with van der Waals surface area (Å²) < 4.78 is 1.92. The molecule has 0 radical (unpaired) electrons. The van der Waals surface area contributed by atoms with Gasteiger partial charge in [-0.3, -0.25) is 0 Å². The summed E-state index contributed by atoms with van der Waals surface area (Å²) in [5.41, 5.74) is 2.76. The van der Waals surface area contributed by atoms with Gasteiger partial charge in [-0.2, -0.15) is 0 Å². The predicted molar refractivity (Wildman–Crippen MR) is 62.0 cm³/mol. The largest absolute Gasteiger partial charge is 0.477 e. The maximum Gasteiger partial charge on any atom is 0.354 e. The Hall–Kier alpha value is -2.17. The lowest BCUT2D eigenvalue weighted by molar-refractivity contribution is 0.0689. The topological polar surface area (TPSA) is 68.0 Å². The SMILES string of the molecule is Cc1ncn(Cc2cccnc2C(=O)O)c1C. The zero-order chi connectivity index (χ0) is 12.4. The summed E-state index contributed by atoms with van der Waals surface area (Å²) in [6.45, 7) is 4.36. The molecule has 0 aliphatic carbocycles. The molecular weight excluding hydrogens is 218 g/mol. The van der Waals surface area contributed by atoms with Crippen molar-refractivity contribution in [2.24, 2.45) is 0 Å². The second-order valence-corrected chi connectivity index (χ2v) is 3.86. The van der Waals surface area contributed by atoms with Crippen LogP contribution in [0.1, 0.15) is 27.4 Å². The average molecular weight is 231 g/mol. The Labute approximate surface area is 98.8 Å². The van der Waals surface area contributed by atoms with Crippen LogP contribution in [0, 0.1) is 13.8 Å². The van der Waals surface area contributed by atoms with E-state index in [9.17, 15) is 4.79 Å². The van der Waals surface area contributed by atoms with Crippen LogP contribution in [0.15, 0.2) is 24.7 Å². The van der Waals surface area contributed by atoms with Gasteiger partial charge in [-0.05, 0) is 19.9 Å². The highest BCUT2D eigenvalue weighted by Gasteiger charge is 2.12. The number of hydrogen-bond acceptors (Lipinski definition) is 3. The molecule has 1 N–H and O–H groups in total. The summed E-state index contributed by atoms with van der Waals surface area (Å²) in [4.78, 5) is 19.1. The Bertz CT molecular complexity index is 561. The fourth-order valence-electron chi connectivity index (χ4n) is 1.65. The molecule has 0 atom stereocenters. The Balaban J connectivity index is 2.36. The summed E-state index contributed by atoms with van der Waals surface area (Å²) in [6, 6.07) is 3.51. The van der Waals surface area contributed by atoms with Crippen molar-refractivity contribution in [1.29, 1.82) is 0 Å². The number of carboxylic acids is 1. The molecule has 2 rings (SSSR count). The highest BCUT2D eigenvalue weighted by molar-refractivity contribution is 5.86. The Kier molecular flexibility index (Phi) is 2.91. The molecular formula is C12H13N3O2. The normalized spacial score (nSPS) is 10.5. The van der Waals surface area contributed by atoms with E-state index in [2.05, 4.69) is 9.97 Å². The molecule has 17 heavy (non-hydrogen) atoms. The van der Waals surface area contributed by atoms with E-state index in [1.807, 2.05) is 18.4 Å². The van der Waals surface area contributed by atoms with Crippen molar-refractivity contribution in [3.05, 3.63) is 47.3 Å². The highest BCUT2D eigenvalue weighted by Crippen LogP contribution is 2.11. The van der Waals surface area contributed by atoms with Crippen LogP contribution in [0.5, 0.6) is 0 Å². The minimum absolute atomic E-state index is 0.0956. The van der Waals surface area contributed by atoms with Gasteiger partial charge in [-0.1, -0.05) is 6.07 Å². The third-order valence-corrected chi connectivity index (χ3v) is 2.78. The van der Waals surface area contributed by atoms with Crippen molar-refractivity contribution in [2.75, 3.05) is 0 Å². The molecule has 0 saturated carbocycles. The van der Waals surface area contributed by atoms with E-state index in [1.165, 1.54) is 6.20 Å². The molecule has 0 aliphatic rings. The first-order valence-corrected chi connectivity index (χ1v) is 5.25. The Morgan fingerprint density at radius 3 is 2.76 bits per heavy atom. The van der Waals surface area contributed by atoms with Crippen molar-refractivity contribution in [3.63, 3.8) is 0 Å². The first-order chi connectivity index (χ1) is 8.09. The van der Waals surface area contributed by atoms with Crippen molar-refractivity contribution in [1.82, 2.24) is 14.5 Å². The lowest BCUT2D eigenvalue weighted by Crippen LogP contribution is -2.09. The lowest BCUT2D eigenvalue weighted by Gasteiger charge is -2.07. The highest BCUT2D eigenvalue weighted by atomic mass is 16.4. The molecule has 0 amide bonds. The third-order valence-electron chi connectivity index (χ3n) is 2.78. The van der Waals surface area contributed by atoms with Gasteiger partial charge in [0.15, 0.2) is 5.69 Å². The predicted octanol–water partition coefficient (Wildman–Crippen LogP) is 1.64. The first kappa shape index (κ1) is 11.3. The van der Waals surface area contributed by atoms with Gasteiger partial charge in [-0.25, -0.2) is 14.8 Å². The standard InChI is InChI=1S/C12H13N3O2/c1-8-9(2)15(7-14-8)6-10-4-3-5-13-11(10)12(16)17/h3-5,7H,6H2,1-2H3,(H,16,17). The maximum atomic E-state index is 11.0. The number of aromatic nitrogens is 3. The number of nitrogens with zero attached hydrogens (tertiary/aromatic N) is 3. The maximum absolute atomic E-state index is 11.0. The first-order valence-electron chi connectivity index (χ1n) is 5.25. The summed E-state index contributed by atoms with van der Waals surface area (Å²) >= 11 is 0. The van der Waals surface area contributed by atoms with E-state index in [0.717, 1.165) is 11.4 Å². The second kappa shape index (κ2) is 4.37. The molecule has 0 unspecified atom stereocenters. The molecule has 88 valence electrons. The summed E-state index contributed by atoms with van der Waals surface area (Å²) in [5.74, 6) is -1.00. The van der Waals surface area contributed by atoms with Gasteiger partial charge >= 0.3 is 5.97 Å². The van der Waals surface area contributed by atoms with E-state index in [0.29, 0.717) is 12.1 Å². The van der Waals surface area contributed by atoms with Crippen molar-refractivity contribution in [2.45, 2.75) is 20.4 Å². The smallest absolute Gasteiger partial charge is 0.354 e. The van der Waals surface area contributed by atoms with E-state index < -0.39 is 5.97 Å². The average Bonchev–Trinajstić information content (AvgIpc) is 2.61. The Morgan fingerprint density at radius 2 is 2.18 bits per heavy atom. The van der Waals surface area contributed by atoms with Crippen molar-refractivity contribution >= 4 is 5.97 Å². The molecule has 2 aromatic rings. The number of aromatic carboxylic acids is 1. The van der Waals surface area contributed by atoms with Crippen molar-refractivity contribution in [3.8, 4) is 0 Å². The number of aryl methyl sites for hydroxylation is 1. The fraction of sp³-hybridized carbons (Fsp3) is 0.250. The minimum atomic E-state index is -1.00. The number of hydrogen-bond donors (Lipinski definition) is 1. The molecule has 5 nitrogen and oxygen atoms in total. The van der Waals surface area contributed by atoms with E-state index in [-0.39, 0.29) is 5.69 Å². The minimum Gasteiger partial charge on any atom is -0.477 e. The van der Waals surface area contributed by atoms with E-state index >= 15 is 0 Å². The molecule has 0 saturated heterocycles. The fourth-order valence-corrected chi connectivity index (χ4v) is 1.65. The quantitative estimate of drug-likeness (QED) is 0.871. The summed E-state index contributed by atoms with van der Waals surface area (Å²) in [5, 5.41) is 9.03. The Morgan fingerprint density at radius 1 is 1.41 bits per heavy atom. The number of rotatable bonds is 3. The van der Waals surface area contributed by atoms with Crippen LogP contribution in [0.4, 0.5) is 0 Å². The number of carbonyl (C=O) groups is 1. The monoisotopic (exact) mass is 231 g/mol. The van der Waals surface area contributed by atoms with Crippen LogP contribution in [-0.4, -0.2) is 25.6 Å². The van der Waals surface area contributed by atoms with Crippen LogP contribution in [-0.2, 0) is 6.54 Å². The zero-order valence-electron chi connectivity index (χ0n) is 9.71. The van der Waals surface area contributed by atoms with Gasteiger partial charge < -0.3 is 9.67 Å². The van der Waals surface area contributed by atoms with Gasteiger partial charge in [0.1, 0.15) is 0 Å². The van der Waals surface area contributed by atoms with Crippen LogP contribution >= 0.6 is 0 Å². The molecule has 2 heterocycles. The van der Waals surface area contributed by atoms with Crippen LogP contribution in [0.2, 0.25) is 0 Å². The lowest BCUT2D eigenvalue weighted by atomic mass is 10.2. The number of carboxylic acid groups (broad SMARTS) is 1. The van der Waals surface area contributed by atoms with Gasteiger partial charge in [0.25, 0.3) is 0 Å². The molecule has 0 aliphatic heterocycles. The zero-order valence-corrected chi connectivity index (χ0v) is 9.71. The molecule has 5 heteroatoms. The number of imidazole rings is 1. The van der Waals surface area contributed by atoms with Gasteiger partial charge in [0.05, 0.1) is 18.6 Å². The molecule has 2 aromatic heterocycles. The van der Waals surface area contributed by atoms with Crippen LogP contribution in [0.3, 0.4) is 0 Å². The van der Waals surface area contributed by atoms with E-state index in [1.54, 1.807) is 18.5 Å².